The fourth-order valence-electron chi connectivity index (χ4n) is 1.72. The molecule has 0 bridgehead atoms. The molecule has 0 spiro atoms. The Kier molecular flexibility index (Phi) is 5.39. The first-order chi connectivity index (χ1) is 9.70. The van der Waals surface area contributed by atoms with E-state index in [9.17, 15) is 0 Å². The van der Waals surface area contributed by atoms with Crippen LogP contribution in [0, 0.1) is 0 Å². The third-order valence-electron chi connectivity index (χ3n) is 2.68. The molecule has 3 nitrogen and oxygen atoms in total. The van der Waals surface area contributed by atoms with Crippen LogP contribution in [0.3, 0.4) is 0 Å². The fraction of sp³-hybridized carbons (Fsp3) is 0.200. The van der Waals surface area contributed by atoms with E-state index in [4.69, 9.17) is 32.7 Å². The molecule has 0 atom stereocenters. The maximum absolute atomic E-state index is 6.07. The van der Waals surface area contributed by atoms with E-state index in [1.165, 1.54) is 0 Å². The smallest absolute Gasteiger partial charge is 0.161 e. The Morgan fingerprint density at radius 2 is 1.80 bits per heavy atom. The van der Waals surface area contributed by atoms with Crippen molar-refractivity contribution in [1.29, 1.82) is 0 Å². The van der Waals surface area contributed by atoms with Gasteiger partial charge >= 0.3 is 0 Å². The van der Waals surface area contributed by atoms with E-state index in [-0.39, 0.29) is 0 Å². The van der Waals surface area contributed by atoms with Crippen LogP contribution < -0.4 is 14.8 Å². The fourth-order valence-corrected chi connectivity index (χ4v) is 2.19. The highest BCUT2D eigenvalue weighted by Gasteiger charge is 2.03. The first kappa shape index (κ1) is 14.8. The molecule has 0 radical (unpaired) electrons. The average molecular weight is 312 g/mol. The van der Waals surface area contributed by atoms with Crippen molar-refractivity contribution in [3.63, 3.8) is 0 Å². The van der Waals surface area contributed by atoms with Crippen LogP contribution in [0.1, 0.15) is 0 Å². The van der Waals surface area contributed by atoms with Gasteiger partial charge in [0.05, 0.1) is 17.8 Å². The summed E-state index contributed by atoms with van der Waals surface area (Å²) in [5.74, 6) is 1.44. The standard InChI is InChI=1S/C15H15Cl2NO2/c1-19-14-4-2-3-5-15(14)20-9-8-18-13-7-6-11(16)10-12(13)17/h2-7,10,18H,8-9H2,1H3. The van der Waals surface area contributed by atoms with Crippen LogP contribution in [0.15, 0.2) is 42.5 Å². The number of ether oxygens (including phenoxy) is 2. The lowest BCUT2D eigenvalue weighted by Crippen LogP contribution is -2.12. The number of rotatable bonds is 6. The first-order valence-electron chi connectivity index (χ1n) is 6.15. The van der Waals surface area contributed by atoms with Crippen molar-refractivity contribution in [2.75, 3.05) is 25.6 Å². The Balaban J connectivity index is 1.84. The molecule has 0 aliphatic rings. The van der Waals surface area contributed by atoms with Crippen molar-refractivity contribution in [1.82, 2.24) is 0 Å². The van der Waals surface area contributed by atoms with Gasteiger partial charge in [-0.25, -0.2) is 0 Å². The largest absolute Gasteiger partial charge is 0.493 e. The van der Waals surface area contributed by atoms with E-state index in [0.29, 0.717) is 23.2 Å². The van der Waals surface area contributed by atoms with Gasteiger partial charge in [0.15, 0.2) is 11.5 Å². The molecule has 5 heteroatoms. The monoisotopic (exact) mass is 311 g/mol. The number of nitrogens with one attached hydrogen (secondary N) is 1. The molecule has 2 rings (SSSR count). The normalized spacial score (nSPS) is 10.2. The Morgan fingerprint density at radius 3 is 2.50 bits per heavy atom. The van der Waals surface area contributed by atoms with E-state index in [1.54, 1.807) is 19.2 Å². The highest BCUT2D eigenvalue weighted by atomic mass is 35.5. The summed E-state index contributed by atoms with van der Waals surface area (Å²) >= 11 is 11.9. The molecule has 0 heterocycles. The van der Waals surface area contributed by atoms with Crippen LogP contribution in [-0.2, 0) is 0 Å². The van der Waals surface area contributed by atoms with Gasteiger partial charge in [0.2, 0.25) is 0 Å². The summed E-state index contributed by atoms with van der Waals surface area (Å²) in [4.78, 5) is 0. The van der Waals surface area contributed by atoms with Crippen molar-refractivity contribution in [3.05, 3.63) is 52.5 Å². The molecule has 20 heavy (non-hydrogen) atoms. The summed E-state index contributed by atoms with van der Waals surface area (Å²) < 4.78 is 10.9. The molecule has 0 saturated carbocycles. The molecular weight excluding hydrogens is 297 g/mol. The quantitative estimate of drug-likeness (QED) is 0.797. The molecule has 0 aliphatic carbocycles. The summed E-state index contributed by atoms with van der Waals surface area (Å²) in [7, 11) is 1.62. The second kappa shape index (κ2) is 7.27. The number of hydrogen-bond acceptors (Lipinski definition) is 3. The topological polar surface area (TPSA) is 30.5 Å². The number of halogens is 2. The summed E-state index contributed by atoms with van der Waals surface area (Å²) in [5.41, 5.74) is 0.833. The van der Waals surface area contributed by atoms with Crippen molar-refractivity contribution < 1.29 is 9.47 Å². The van der Waals surface area contributed by atoms with Crippen molar-refractivity contribution in [3.8, 4) is 11.5 Å². The number of anilines is 1. The van der Waals surface area contributed by atoms with E-state index >= 15 is 0 Å². The maximum Gasteiger partial charge on any atom is 0.161 e. The molecule has 0 unspecified atom stereocenters. The number of para-hydroxylation sites is 2. The zero-order valence-corrected chi connectivity index (χ0v) is 12.5. The summed E-state index contributed by atoms with van der Waals surface area (Å²) in [6.45, 7) is 1.12. The van der Waals surface area contributed by atoms with Crippen LogP contribution in [-0.4, -0.2) is 20.3 Å². The maximum atomic E-state index is 6.07. The molecule has 0 saturated heterocycles. The third kappa shape index (κ3) is 3.95. The van der Waals surface area contributed by atoms with E-state index in [1.807, 2.05) is 30.3 Å². The van der Waals surface area contributed by atoms with Gasteiger partial charge in [-0.05, 0) is 30.3 Å². The van der Waals surface area contributed by atoms with Crippen molar-refractivity contribution in [2.24, 2.45) is 0 Å². The van der Waals surface area contributed by atoms with Crippen LogP contribution in [0.4, 0.5) is 5.69 Å². The Labute approximate surface area is 128 Å². The lowest BCUT2D eigenvalue weighted by Gasteiger charge is -2.12. The summed E-state index contributed by atoms with van der Waals surface area (Å²) in [5, 5.41) is 4.40. The molecule has 1 N–H and O–H groups in total. The summed E-state index contributed by atoms with van der Waals surface area (Å²) in [6, 6.07) is 12.9. The Hall–Kier alpha value is -1.58. The lowest BCUT2D eigenvalue weighted by atomic mass is 10.3. The van der Waals surface area contributed by atoms with Gasteiger partial charge in [0, 0.05) is 11.6 Å². The average Bonchev–Trinajstić information content (AvgIpc) is 2.46. The molecular formula is C15H15Cl2NO2. The highest BCUT2D eigenvalue weighted by Crippen LogP contribution is 2.26. The minimum absolute atomic E-state index is 0.499. The van der Waals surface area contributed by atoms with E-state index < -0.39 is 0 Å². The highest BCUT2D eigenvalue weighted by molar-refractivity contribution is 6.36. The Morgan fingerprint density at radius 1 is 1.05 bits per heavy atom. The predicted molar refractivity (Wildman–Crippen MR) is 83.4 cm³/mol. The molecule has 2 aromatic rings. The Bertz CT molecular complexity index is 576. The molecule has 0 amide bonds. The third-order valence-corrected chi connectivity index (χ3v) is 3.22. The SMILES string of the molecule is COc1ccccc1OCCNc1ccc(Cl)cc1Cl. The summed E-state index contributed by atoms with van der Waals surface area (Å²) in [6.07, 6.45) is 0. The number of hydrogen-bond donors (Lipinski definition) is 1. The second-order valence-corrected chi connectivity index (χ2v) is 4.89. The molecule has 2 aromatic carbocycles. The van der Waals surface area contributed by atoms with Gasteiger partial charge in [-0.1, -0.05) is 35.3 Å². The predicted octanol–water partition coefficient (Wildman–Crippen LogP) is 4.49. The van der Waals surface area contributed by atoms with Crippen LogP contribution in [0.25, 0.3) is 0 Å². The van der Waals surface area contributed by atoms with Crippen LogP contribution in [0.2, 0.25) is 10.0 Å². The van der Waals surface area contributed by atoms with Crippen LogP contribution >= 0.6 is 23.2 Å². The van der Waals surface area contributed by atoms with Gasteiger partial charge in [-0.3, -0.25) is 0 Å². The minimum Gasteiger partial charge on any atom is -0.493 e. The molecule has 0 aromatic heterocycles. The van der Waals surface area contributed by atoms with Gasteiger partial charge < -0.3 is 14.8 Å². The zero-order valence-electron chi connectivity index (χ0n) is 11.0. The van der Waals surface area contributed by atoms with Gasteiger partial charge in [0.25, 0.3) is 0 Å². The second-order valence-electron chi connectivity index (χ2n) is 4.05. The van der Waals surface area contributed by atoms with Gasteiger partial charge in [-0.15, -0.1) is 0 Å². The van der Waals surface area contributed by atoms with E-state index in [0.717, 1.165) is 17.2 Å². The lowest BCUT2D eigenvalue weighted by molar-refractivity contribution is 0.306. The molecule has 0 fully saturated rings. The van der Waals surface area contributed by atoms with Crippen LogP contribution in [0.5, 0.6) is 11.5 Å². The van der Waals surface area contributed by atoms with Crippen molar-refractivity contribution >= 4 is 28.9 Å². The van der Waals surface area contributed by atoms with Gasteiger partial charge in [0.1, 0.15) is 6.61 Å². The van der Waals surface area contributed by atoms with Crippen molar-refractivity contribution in [2.45, 2.75) is 0 Å². The number of methoxy groups -OCH3 is 1. The molecule has 106 valence electrons. The van der Waals surface area contributed by atoms with Gasteiger partial charge in [-0.2, -0.15) is 0 Å². The zero-order chi connectivity index (χ0) is 14.4. The minimum atomic E-state index is 0.499. The first-order valence-corrected chi connectivity index (χ1v) is 6.91. The van der Waals surface area contributed by atoms with E-state index in [2.05, 4.69) is 5.32 Å². The number of benzene rings is 2. The molecule has 0 aliphatic heterocycles.